The summed E-state index contributed by atoms with van der Waals surface area (Å²) < 4.78 is 10.2. The van der Waals surface area contributed by atoms with Crippen molar-refractivity contribution in [2.75, 3.05) is 19.8 Å². The van der Waals surface area contributed by atoms with Gasteiger partial charge < -0.3 is 14.6 Å². The van der Waals surface area contributed by atoms with Gasteiger partial charge in [0.1, 0.15) is 0 Å². The molecular weight excluding hydrogens is 284 g/mol. The highest BCUT2D eigenvalue weighted by Crippen LogP contribution is 2.14. The molecule has 5 nitrogen and oxygen atoms in total. The van der Waals surface area contributed by atoms with Gasteiger partial charge in [-0.1, -0.05) is 40.0 Å². The lowest BCUT2D eigenvalue weighted by Gasteiger charge is -2.20. The highest BCUT2D eigenvalue weighted by molar-refractivity contribution is 5.70. The van der Waals surface area contributed by atoms with Crippen LogP contribution in [0.15, 0.2) is 0 Å². The molecule has 0 aromatic heterocycles. The van der Waals surface area contributed by atoms with Crippen LogP contribution in [0.25, 0.3) is 0 Å². The zero-order chi connectivity index (χ0) is 16.8. The van der Waals surface area contributed by atoms with Crippen molar-refractivity contribution in [1.29, 1.82) is 0 Å². The summed E-state index contributed by atoms with van der Waals surface area (Å²) in [6.45, 7) is 6.49. The molecule has 0 saturated heterocycles. The first-order valence-corrected chi connectivity index (χ1v) is 8.33. The molecular formula is C17H32O5. The van der Waals surface area contributed by atoms with E-state index in [0.29, 0.717) is 32.3 Å². The fourth-order valence-corrected chi connectivity index (χ4v) is 1.72. The summed E-state index contributed by atoms with van der Waals surface area (Å²) in [6.07, 6.45) is 6.25. The SMILES string of the molecule is CCCCCCOC(=O)CCCCC(=O)OCC(C)(C)CO. The van der Waals surface area contributed by atoms with Crippen LogP contribution in [0.3, 0.4) is 0 Å². The molecule has 0 heterocycles. The summed E-state index contributed by atoms with van der Waals surface area (Å²) in [4.78, 5) is 23.0. The van der Waals surface area contributed by atoms with Gasteiger partial charge in [0.25, 0.3) is 0 Å². The van der Waals surface area contributed by atoms with Gasteiger partial charge in [0.15, 0.2) is 0 Å². The molecule has 0 saturated carbocycles. The molecule has 1 N–H and O–H groups in total. The van der Waals surface area contributed by atoms with Gasteiger partial charge in [-0.2, -0.15) is 0 Å². The number of carbonyl (C=O) groups is 2. The van der Waals surface area contributed by atoms with E-state index in [0.717, 1.165) is 12.8 Å². The maximum absolute atomic E-state index is 11.5. The van der Waals surface area contributed by atoms with Crippen molar-refractivity contribution in [3.63, 3.8) is 0 Å². The molecule has 0 fully saturated rings. The third kappa shape index (κ3) is 12.6. The van der Waals surface area contributed by atoms with Crippen LogP contribution in [0.1, 0.15) is 72.1 Å². The standard InChI is InChI=1S/C17H32O5/c1-4-5-6-9-12-21-15(19)10-7-8-11-16(20)22-14-17(2,3)13-18/h18H,4-14H2,1-3H3. The van der Waals surface area contributed by atoms with E-state index in [1.165, 1.54) is 12.8 Å². The molecule has 0 unspecified atom stereocenters. The summed E-state index contributed by atoms with van der Waals surface area (Å²) in [5.41, 5.74) is -0.406. The van der Waals surface area contributed by atoms with Crippen molar-refractivity contribution in [1.82, 2.24) is 0 Å². The molecule has 0 aromatic carbocycles. The summed E-state index contributed by atoms with van der Waals surface area (Å²) in [5, 5.41) is 9.06. The average Bonchev–Trinajstić information content (AvgIpc) is 2.49. The Morgan fingerprint density at radius 3 is 2.05 bits per heavy atom. The van der Waals surface area contributed by atoms with Gasteiger partial charge in [-0.05, 0) is 19.3 Å². The number of ether oxygens (including phenoxy) is 2. The largest absolute Gasteiger partial charge is 0.466 e. The second-order valence-corrected chi connectivity index (χ2v) is 6.47. The maximum atomic E-state index is 11.5. The molecule has 5 heteroatoms. The lowest BCUT2D eigenvalue weighted by molar-refractivity contribution is -0.148. The predicted octanol–water partition coefficient (Wildman–Crippen LogP) is 3.23. The molecule has 22 heavy (non-hydrogen) atoms. The average molecular weight is 316 g/mol. The normalized spacial score (nSPS) is 11.3. The Morgan fingerprint density at radius 2 is 1.50 bits per heavy atom. The lowest BCUT2D eigenvalue weighted by Crippen LogP contribution is -2.25. The Morgan fingerprint density at radius 1 is 0.909 bits per heavy atom. The Labute approximate surface area is 134 Å². The maximum Gasteiger partial charge on any atom is 0.305 e. The van der Waals surface area contributed by atoms with Crippen LogP contribution in [0.2, 0.25) is 0 Å². The van der Waals surface area contributed by atoms with Gasteiger partial charge >= 0.3 is 11.9 Å². The van der Waals surface area contributed by atoms with E-state index >= 15 is 0 Å². The molecule has 0 rings (SSSR count). The van der Waals surface area contributed by atoms with Crippen molar-refractivity contribution in [3.8, 4) is 0 Å². The number of aliphatic hydroxyl groups excluding tert-OH is 1. The van der Waals surface area contributed by atoms with E-state index < -0.39 is 5.41 Å². The highest BCUT2D eigenvalue weighted by Gasteiger charge is 2.18. The van der Waals surface area contributed by atoms with Crippen LogP contribution in [0.5, 0.6) is 0 Å². The summed E-state index contributed by atoms with van der Waals surface area (Å²) in [7, 11) is 0. The zero-order valence-corrected chi connectivity index (χ0v) is 14.4. The van der Waals surface area contributed by atoms with E-state index in [1.54, 1.807) is 0 Å². The third-order valence-electron chi connectivity index (χ3n) is 3.32. The van der Waals surface area contributed by atoms with E-state index in [4.69, 9.17) is 14.6 Å². The molecule has 0 aliphatic heterocycles. The summed E-state index contributed by atoms with van der Waals surface area (Å²) in [6, 6.07) is 0. The number of esters is 2. The number of unbranched alkanes of at least 4 members (excludes halogenated alkanes) is 4. The highest BCUT2D eigenvalue weighted by atomic mass is 16.5. The van der Waals surface area contributed by atoms with Crippen LogP contribution in [-0.2, 0) is 19.1 Å². The number of carbonyl (C=O) groups excluding carboxylic acids is 2. The van der Waals surface area contributed by atoms with E-state index in [1.807, 2.05) is 13.8 Å². The molecule has 0 atom stereocenters. The second kappa shape index (κ2) is 12.4. The van der Waals surface area contributed by atoms with Gasteiger partial charge in [-0.3, -0.25) is 9.59 Å². The Bertz CT molecular complexity index is 312. The summed E-state index contributed by atoms with van der Waals surface area (Å²) >= 11 is 0. The number of hydrogen-bond donors (Lipinski definition) is 1. The van der Waals surface area contributed by atoms with Gasteiger partial charge in [-0.15, -0.1) is 0 Å². The number of aliphatic hydroxyl groups is 1. The van der Waals surface area contributed by atoms with Crippen LogP contribution in [0.4, 0.5) is 0 Å². The van der Waals surface area contributed by atoms with Gasteiger partial charge in [0, 0.05) is 18.3 Å². The number of hydrogen-bond acceptors (Lipinski definition) is 5. The first-order chi connectivity index (χ1) is 10.4. The van der Waals surface area contributed by atoms with Gasteiger partial charge in [0.05, 0.1) is 19.8 Å². The van der Waals surface area contributed by atoms with E-state index in [-0.39, 0.29) is 25.2 Å². The minimum atomic E-state index is -0.406. The first kappa shape index (κ1) is 20.9. The molecule has 130 valence electrons. The first-order valence-electron chi connectivity index (χ1n) is 8.33. The van der Waals surface area contributed by atoms with Crippen molar-refractivity contribution in [3.05, 3.63) is 0 Å². The molecule has 0 aliphatic rings. The van der Waals surface area contributed by atoms with Crippen molar-refractivity contribution in [2.24, 2.45) is 5.41 Å². The Kier molecular flexibility index (Phi) is 11.8. The second-order valence-electron chi connectivity index (χ2n) is 6.47. The molecule has 0 radical (unpaired) electrons. The fourth-order valence-electron chi connectivity index (χ4n) is 1.72. The minimum Gasteiger partial charge on any atom is -0.466 e. The molecule has 0 aromatic rings. The zero-order valence-electron chi connectivity index (χ0n) is 14.4. The van der Waals surface area contributed by atoms with Gasteiger partial charge in [0.2, 0.25) is 0 Å². The van der Waals surface area contributed by atoms with Crippen molar-refractivity contribution in [2.45, 2.75) is 72.1 Å². The topological polar surface area (TPSA) is 72.8 Å². The molecule has 0 amide bonds. The van der Waals surface area contributed by atoms with Crippen molar-refractivity contribution < 1.29 is 24.2 Å². The fraction of sp³-hybridized carbons (Fsp3) is 0.882. The molecule has 0 aliphatic carbocycles. The third-order valence-corrected chi connectivity index (χ3v) is 3.32. The van der Waals surface area contributed by atoms with Crippen LogP contribution in [-0.4, -0.2) is 36.9 Å². The van der Waals surface area contributed by atoms with Crippen LogP contribution >= 0.6 is 0 Å². The lowest BCUT2D eigenvalue weighted by atomic mass is 9.97. The quantitative estimate of drug-likeness (QED) is 0.417. The molecule has 0 spiro atoms. The smallest absolute Gasteiger partial charge is 0.305 e. The van der Waals surface area contributed by atoms with Crippen molar-refractivity contribution >= 4 is 11.9 Å². The number of rotatable bonds is 13. The van der Waals surface area contributed by atoms with E-state index in [2.05, 4.69) is 6.92 Å². The Balaban J connectivity index is 3.51. The monoisotopic (exact) mass is 316 g/mol. The Hall–Kier alpha value is -1.10. The van der Waals surface area contributed by atoms with Gasteiger partial charge in [-0.25, -0.2) is 0 Å². The predicted molar refractivity (Wildman–Crippen MR) is 85.4 cm³/mol. The molecule has 0 bridgehead atoms. The summed E-state index contributed by atoms with van der Waals surface area (Å²) in [5.74, 6) is -0.472. The minimum absolute atomic E-state index is 0.0234. The van der Waals surface area contributed by atoms with Crippen LogP contribution in [0, 0.1) is 5.41 Å². The van der Waals surface area contributed by atoms with E-state index in [9.17, 15) is 9.59 Å². The van der Waals surface area contributed by atoms with Crippen LogP contribution < -0.4 is 0 Å².